The predicted octanol–water partition coefficient (Wildman–Crippen LogP) is 1.74. The number of hydrogen-bond donors (Lipinski definition) is 3. The lowest BCUT2D eigenvalue weighted by molar-refractivity contribution is -0.131. The van der Waals surface area contributed by atoms with Gasteiger partial charge in [0.15, 0.2) is 6.61 Å². The van der Waals surface area contributed by atoms with E-state index in [-0.39, 0.29) is 19.1 Å². The molecule has 2 aromatic carbocycles. The van der Waals surface area contributed by atoms with E-state index in [9.17, 15) is 14.4 Å². The van der Waals surface area contributed by atoms with Gasteiger partial charge in [0, 0.05) is 6.54 Å². The maximum absolute atomic E-state index is 12.5. The molecule has 3 N–H and O–H groups in total. The molecule has 3 amide bonds. The SMILES string of the molecule is CSCCC(NC(=O)COc1ccccc1)C(=O)NCC(=O)NCc1ccccc1. The smallest absolute Gasteiger partial charge is 0.258 e. The van der Waals surface area contributed by atoms with Gasteiger partial charge in [-0.05, 0) is 36.1 Å². The second kappa shape index (κ2) is 13.3. The van der Waals surface area contributed by atoms with E-state index >= 15 is 0 Å². The molecule has 0 fully saturated rings. The van der Waals surface area contributed by atoms with Gasteiger partial charge in [-0.1, -0.05) is 48.5 Å². The Labute approximate surface area is 181 Å². The zero-order valence-electron chi connectivity index (χ0n) is 16.9. The Hall–Kier alpha value is -3.00. The van der Waals surface area contributed by atoms with Crippen molar-refractivity contribution in [1.82, 2.24) is 16.0 Å². The van der Waals surface area contributed by atoms with Gasteiger partial charge in [0.2, 0.25) is 11.8 Å². The number of carbonyl (C=O) groups is 3. The Morgan fingerprint density at radius 1 is 0.933 bits per heavy atom. The summed E-state index contributed by atoms with van der Waals surface area (Å²) >= 11 is 1.57. The highest BCUT2D eigenvalue weighted by Crippen LogP contribution is 2.08. The van der Waals surface area contributed by atoms with Gasteiger partial charge in [-0.3, -0.25) is 14.4 Å². The van der Waals surface area contributed by atoms with Crippen LogP contribution >= 0.6 is 11.8 Å². The lowest BCUT2D eigenvalue weighted by Crippen LogP contribution is -2.50. The second-order valence-electron chi connectivity index (χ2n) is 6.48. The van der Waals surface area contributed by atoms with Gasteiger partial charge >= 0.3 is 0 Å². The van der Waals surface area contributed by atoms with Crippen LogP contribution in [0.2, 0.25) is 0 Å². The number of para-hydroxylation sites is 1. The van der Waals surface area contributed by atoms with Crippen molar-refractivity contribution in [2.45, 2.75) is 19.0 Å². The maximum Gasteiger partial charge on any atom is 0.258 e. The highest BCUT2D eigenvalue weighted by molar-refractivity contribution is 7.98. The average molecular weight is 430 g/mol. The third kappa shape index (κ3) is 9.00. The largest absolute Gasteiger partial charge is 0.484 e. The van der Waals surface area contributed by atoms with E-state index in [0.29, 0.717) is 24.5 Å². The summed E-state index contributed by atoms with van der Waals surface area (Å²) in [6.45, 7) is 0.0431. The number of amides is 3. The molecule has 0 heterocycles. The first-order valence-electron chi connectivity index (χ1n) is 9.63. The van der Waals surface area contributed by atoms with Crippen LogP contribution < -0.4 is 20.7 Å². The first-order valence-corrected chi connectivity index (χ1v) is 11.0. The number of rotatable bonds is 12. The van der Waals surface area contributed by atoms with Crippen LogP contribution in [0, 0.1) is 0 Å². The molecule has 0 bridgehead atoms. The summed E-state index contributed by atoms with van der Waals surface area (Å²) in [4.78, 5) is 36.7. The Balaban J connectivity index is 1.77. The molecule has 1 atom stereocenters. The molecule has 8 heteroatoms. The van der Waals surface area contributed by atoms with E-state index in [2.05, 4.69) is 16.0 Å². The van der Waals surface area contributed by atoms with Crippen molar-refractivity contribution in [2.75, 3.05) is 25.2 Å². The molecule has 30 heavy (non-hydrogen) atoms. The third-order valence-corrected chi connectivity index (χ3v) is 4.78. The van der Waals surface area contributed by atoms with Crippen LogP contribution in [0.4, 0.5) is 0 Å². The standard InChI is InChI=1S/C22H27N3O4S/c1-30-13-12-19(25-21(27)16-29-18-10-6-3-7-11-18)22(28)24-15-20(26)23-14-17-8-4-2-5-9-17/h2-11,19H,12-16H2,1H3,(H,23,26)(H,24,28)(H,25,27). The van der Waals surface area contributed by atoms with E-state index in [1.54, 1.807) is 23.9 Å². The van der Waals surface area contributed by atoms with E-state index in [1.807, 2.05) is 54.8 Å². The van der Waals surface area contributed by atoms with Gasteiger partial charge in [-0.15, -0.1) is 0 Å². The molecule has 7 nitrogen and oxygen atoms in total. The lowest BCUT2D eigenvalue weighted by atomic mass is 10.2. The number of benzene rings is 2. The number of nitrogens with one attached hydrogen (secondary N) is 3. The van der Waals surface area contributed by atoms with E-state index < -0.39 is 17.9 Å². The fourth-order valence-electron chi connectivity index (χ4n) is 2.56. The van der Waals surface area contributed by atoms with E-state index in [0.717, 1.165) is 5.56 Å². The molecular weight excluding hydrogens is 402 g/mol. The number of thioether (sulfide) groups is 1. The number of carbonyl (C=O) groups excluding carboxylic acids is 3. The number of hydrogen-bond acceptors (Lipinski definition) is 5. The van der Waals surface area contributed by atoms with Crippen LogP contribution in [-0.2, 0) is 20.9 Å². The normalized spacial score (nSPS) is 11.2. The van der Waals surface area contributed by atoms with Crippen molar-refractivity contribution in [3.05, 3.63) is 66.2 Å². The molecule has 160 valence electrons. The zero-order chi connectivity index (χ0) is 21.6. The van der Waals surface area contributed by atoms with Gasteiger partial charge < -0.3 is 20.7 Å². The monoisotopic (exact) mass is 429 g/mol. The van der Waals surface area contributed by atoms with Crippen LogP contribution in [-0.4, -0.2) is 48.9 Å². The first kappa shape index (κ1) is 23.3. The summed E-state index contributed by atoms with van der Waals surface area (Å²) in [6, 6.07) is 17.7. The van der Waals surface area contributed by atoms with Gasteiger partial charge in [-0.2, -0.15) is 11.8 Å². The molecule has 0 saturated heterocycles. The van der Waals surface area contributed by atoms with Crippen molar-refractivity contribution in [2.24, 2.45) is 0 Å². The Bertz CT molecular complexity index is 803. The van der Waals surface area contributed by atoms with Crippen molar-refractivity contribution in [3.63, 3.8) is 0 Å². The van der Waals surface area contributed by atoms with Crippen molar-refractivity contribution < 1.29 is 19.1 Å². The maximum atomic E-state index is 12.5. The predicted molar refractivity (Wildman–Crippen MR) is 118 cm³/mol. The van der Waals surface area contributed by atoms with Crippen LogP contribution in [0.3, 0.4) is 0 Å². The fourth-order valence-corrected chi connectivity index (χ4v) is 3.03. The summed E-state index contributed by atoms with van der Waals surface area (Å²) in [5.41, 5.74) is 0.973. The van der Waals surface area contributed by atoms with Crippen molar-refractivity contribution in [3.8, 4) is 5.75 Å². The Morgan fingerprint density at radius 3 is 2.27 bits per heavy atom. The summed E-state index contributed by atoms with van der Waals surface area (Å²) in [5.74, 6) is 0.181. The molecule has 0 spiro atoms. The van der Waals surface area contributed by atoms with Gasteiger partial charge in [0.1, 0.15) is 11.8 Å². The molecule has 0 aliphatic rings. The van der Waals surface area contributed by atoms with Crippen LogP contribution in [0.1, 0.15) is 12.0 Å². The summed E-state index contributed by atoms with van der Waals surface area (Å²) in [5, 5.41) is 8.02. The van der Waals surface area contributed by atoms with Gasteiger partial charge in [0.05, 0.1) is 6.54 Å². The minimum Gasteiger partial charge on any atom is -0.484 e. The molecule has 0 aromatic heterocycles. The third-order valence-electron chi connectivity index (χ3n) is 4.13. The Morgan fingerprint density at radius 2 is 1.60 bits per heavy atom. The zero-order valence-corrected chi connectivity index (χ0v) is 17.7. The minimum absolute atomic E-state index is 0.155. The summed E-state index contributed by atoms with van der Waals surface area (Å²) in [6.07, 6.45) is 2.38. The van der Waals surface area contributed by atoms with E-state index in [1.165, 1.54) is 0 Å². The minimum atomic E-state index is -0.730. The lowest BCUT2D eigenvalue weighted by Gasteiger charge is -2.18. The second-order valence-corrected chi connectivity index (χ2v) is 7.47. The van der Waals surface area contributed by atoms with Crippen molar-refractivity contribution >= 4 is 29.5 Å². The quantitative estimate of drug-likeness (QED) is 0.478. The average Bonchev–Trinajstić information content (AvgIpc) is 2.78. The van der Waals surface area contributed by atoms with Crippen LogP contribution in [0.5, 0.6) is 5.75 Å². The summed E-state index contributed by atoms with van der Waals surface area (Å²) in [7, 11) is 0. The molecule has 0 aliphatic carbocycles. The van der Waals surface area contributed by atoms with Crippen molar-refractivity contribution in [1.29, 1.82) is 0 Å². The Kier molecular flexibility index (Phi) is 10.3. The molecule has 2 aromatic rings. The topological polar surface area (TPSA) is 96.5 Å². The van der Waals surface area contributed by atoms with Crippen LogP contribution in [0.25, 0.3) is 0 Å². The highest BCUT2D eigenvalue weighted by Gasteiger charge is 2.21. The van der Waals surface area contributed by atoms with E-state index in [4.69, 9.17) is 4.74 Å². The highest BCUT2D eigenvalue weighted by atomic mass is 32.2. The molecule has 0 saturated carbocycles. The van der Waals surface area contributed by atoms with Crippen LogP contribution in [0.15, 0.2) is 60.7 Å². The molecule has 0 aliphatic heterocycles. The molecule has 0 radical (unpaired) electrons. The number of ether oxygens (including phenoxy) is 1. The summed E-state index contributed by atoms with van der Waals surface area (Å²) < 4.78 is 5.41. The fraction of sp³-hybridized carbons (Fsp3) is 0.318. The van der Waals surface area contributed by atoms with Gasteiger partial charge in [0.25, 0.3) is 5.91 Å². The first-order chi connectivity index (χ1) is 14.6. The molecular formula is C22H27N3O4S. The molecule has 2 rings (SSSR count). The molecule has 1 unspecified atom stereocenters. The van der Waals surface area contributed by atoms with Gasteiger partial charge in [-0.25, -0.2) is 0 Å².